The van der Waals surface area contributed by atoms with Crippen molar-refractivity contribution in [3.63, 3.8) is 0 Å². The Bertz CT molecular complexity index is 1270. The molecular formula is C22H12S. The Hall–Kier alpha value is -2.82. The second-order valence-electron chi connectivity index (χ2n) is 5.81. The first kappa shape index (κ1) is 12.7. The van der Waals surface area contributed by atoms with Gasteiger partial charge < -0.3 is 0 Å². The van der Waals surface area contributed by atoms with Gasteiger partial charge in [0.2, 0.25) is 0 Å². The van der Waals surface area contributed by atoms with Gasteiger partial charge in [-0.25, -0.2) is 0 Å². The zero-order valence-corrected chi connectivity index (χ0v) is 13.2. The third-order valence-corrected chi connectivity index (χ3v) is 5.55. The second-order valence-corrected chi connectivity index (χ2v) is 6.90. The van der Waals surface area contributed by atoms with Gasteiger partial charge in [0.15, 0.2) is 0 Å². The van der Waals surface area contributed by atoms with E-state index in [1.165, 1.54) is 42.4 Å². The summed E-state index contributed by atoms with van der Waals surface area (Å²) in [5.41, 5.74) is 0. The predicted octanol–water partition coefficient (Wildman–Crippen LogP) is 6.34. The summed E-state index contributed by atoms with van der Waals surface area (Å²) < 4.78 is 1.26. The molecule has 0 bridgehead atoms. The van der Waals surface area contributed by atoms with Gasteiger partial charge in [0.25, 0.3) is 0 Å². The highest BCUT2D eigenvalue weighted by molar-refractivity contribution is 7.19. The minimum Gasteiger partial charge on any atom is -0.127 e. The Morgan fingerprint density at radius 1 is 0.652 bits per heavy atom. The standard InChI is InChI=1S/C22H12S/c1-2-17-13-21-19-8-7-16-11-14-5-3-4-6-15(14)12-20(16)18(19)9-10-22(21)23-17/h1,3-13H. The SMILES string of the molecule is C#Cc1cc2c(ccc3c4cc5ccccc5cc4ccc23)s1. The van der Waals surface area contributed by atoms with Crippen molar-refractivity contribution < 1.29 is 0 Å². The lowest BCUT2D eigenvalue weighted by Crippen LogP contribution is -1.80. The molecule has 1 heterocycles. The lowest BCUT2D eigenvalue weighted by Gasteiger charge is -2.07. The van der Waals surface area contributed by atoms with Gasteiger partial charge in [-0.1, -0.05) is 48.4 Å². The molecule has 0 aliphatic rings. The molecular weight excluding hydrogens is 296 g/mol. The molecule has 5 rings (SSSR count). The molecule has 0 aliphatic heterocycles. The topological polar surface area (TPSA) is 0 Å². The van der Waals surface area contributed by atoms with E-state index >= 15 is 0 Å². The van der Waals surface area contributed by atoms with Crippen molar-refractivity contribution in [2.24, 2.45) is 0 Å². The van der Waals surface area contributed by atoms with Gasteiger partial charge in [0.1, 0.15) is 0 Å². The van der Waals surface area contributed by atoms with Crippen molar-refractivity contribution in [1.82, 2.24) is 0 Å². The third kappa shape index (κ3) is 1.79. The molecule has 0 fully saturated rings. The Labute approximate surface area is 138 Å². The van der Waals surface area contributed by atoms with Crippen molar-refractivity contribution in [2.45, 2.75) is 0 Å². The summed E-state index contributed by atoms with van der Waals surface area (Å²) in [6.45, 7) is 0. The van der Waals surface area contributed by atoms with Crippen LogP contribution in [0.1, 0.15) is 4.88 Å². The minimum absolute atomic E-state index is 0.992. The molecule has 0 nitrogen and oxygen atoms in total. The summed E-state index contributed by atoms with van der Waals surface area (Å²) >= 11 is 1.68. The van der Waals surface area contributed by atoms with Crippen molar-refractivity contribution in [3.8, 4) is 12.3 Å². The van der Waals surface area contributed by atoms with Crippen LogP contribution in [0.2, 0.25) is 0 Å². The Morgan fingerprint density at radius 2 is 1.39 bits per heavy atom. The van der Waals surface area contributed by atoms with Gasteiger partial charge in [0.05, 0.1) is 4.88 Å². The Balaban J connectivity index is 1.98. The molecule has 4 aromatic carbocycles. The van der Waals surface area contributed by atoms with Crippen LogP contribution in [0.3, 0.4) is 0 Å². The molecule has 0 spiro atoms. The molecule has 0 atom stereocenters. The normalized spacial score (nSPS) is 11.4. The highest BCUT2D eigenvalue weighted by atomic mass is 32.1. The van der Waals surface area contributed by atoms with E-state index in [4.69, 9.17) is 6.42 Å². The fourth-order valence-electron chi connectivity index (χ4n) is 3.42. The number of thiophene rings is 1. The Kier molecular flexibility index (Phi) is 2.53. The van der Waals surface area contributed by atoms with Gasteiger partial charge >= 0.3 is 0 Å². The van der Waals surface area contributed by atoms with Crippen LogP contribution in [0.5, 0.6) is 0 Å². The van der Waals surface area contributed by atoms with Crippen LogP contribution in [0.15, 0.2) is 66.7 Å². The monoisotopic (exact) mass is 308 g/mol. The molecule has 0 amide bonds. The average Bonchev–Trinajstić information content (AvgIpc) is 3.03. The van der Waals surface area contributed by atoms with Gasteiger partial charge in [0, 0.05) is 10.1 Å². The van der Waals surface area contributed by atoms with Crippen LogP contribution in [0.4, 0.5) is 0 Å². The molecule has 0 radical (unpaired) electrons. The first-order chi connectivity index (χ1) is 11.3. The summed E-state index contributed by atoms with van der Waals surface area (Å²) in [5.74, 6) is 2.76. The lowest BCUT2D eigenvalue weighted by atomic mass is 9.97. The number of fused-ring (bicyclic) bond motifs is 6. The second kappa shape index (κ2) is 4.59. The number of terminal acetylenes is 1. The first-order valence-corrected chi connectivity index (χ1v) is 8.39. The van der Waals surface area contributed by atoms with Crippen LogP contribution >= 0.6 is 11.3 Å². The summed E-state index contributed by atoms with van der Waals surface area (Å²) in [5, 5.41) is 8.98. The predicted molar refractivity (Wildman–Crippen MR) is 102 cm³/mol. The van der Waals surface area contributed by atoms with Gasteiger partial charge in [-0.3, -0.25) is 0 Å². The molecule has 0 saturated carbocycles. The summed E-state index contributed by atoms with van der Waals surface area (Å²) in [7, 11) is 0. The summed E-state index contributed by atoms with van der Waals surface area (Å²) in [6.07, 6.45) is 5.57. The summed E-state index contributed by atoms with van der Waals surface area (Å²) in [6, 6.07) is 24.1. The van der Waals surface area contributed by atoms with E-state index in [2.05, 4.69) is 72.7 Å². The van der Waals surface area contributed by atoms with Crippen molar-refractivity contribution in [2.75, 3.05) is 0 Å². The van der Waals surface area contributed by atoms with Crippen LogP contribution in [0.25, 0.3) is 42.4 Å². The quantitative estimate of drug-likeness (QED) is 0.178. The molecule has 23 heavy (non-hydrogen) atoms. The molecule has 0 aliphatic carbocycles. The van der Waals surface area contributed by atoms with E-state index < -0.39 is 0 Å². The van der Waals surface area contributed by atoms with Crippen LogP contribution in [-0.2, 0) is 0 Å². The highest BCUT2D eigenvalue weighted by Gasteiger charge is 2.08. The zero-order valence-electron chi connectivity index (χ0n) is 12.3. The zero-order chi connectivity index (χ0) is 15.4. The van der Waals surface area contributed by atoms with E-state index in [0.717, 1.165) is 4.88 Å². The number of benzene rings is 4. The van der Waals surface area contributed by atoms with Crippen molar-refractivity contribution in [3.05, 3.63) is 71.6 Å². The van der Waals surface area contributed by atoms with E-state index in [1.54, 1.807) is 11.3 Å². The lowest BCUT2D eigenvalue weighted by molar-refractivity contribution is 1.79. The highest BCUT2D eigenvalue weighted by Crippen LogP contribution is 2.36. The smallest absolute Gasteiger partial charge is 0.0778 e. The number of rotatable bonds is 0. The van der Waals surface area contributed by atoms with Crippen LogP contribution < -0.4 is 0 Å². The average molecular weight is 308 g/mol. The van der Waals surface area contributed by atoms with Gasteiger partial charge in [-0.05, 0) is 56.6 Å². The molecule has 0 saturated heterocycles. The fourth-order valence-corrected chi connectivity index (χ4v) is 4.31. The van der Waals surface area contributed by atoms with E-state index in [1.807, 2.05) is 0 Å². The number of hydrogen-bond donors (Lipinski definition) is 0. The van der Waals surface area contributed by atoms with E-state index in [-0.39, 0.29) is 0 Å². The largest absolute Gasteiger partial charge is 0.127 e. The first-order valence-electron chi connectivity index (χ1n) is 7.58. The molecule has 106 valence electrons. The van der Waals surface area contributed by atoms with Crippen LogP contribution in [-0.4, -0.2) is 0 Å². The van der Waals surface area contributed by atoms with Crippen molar-refractivity contribution >= 4 is 53.7 Å². The van der Waals surface area contributed by atoms with Crippen molar-refractivity contribution in [1.29, 1.82) is 0 Å². The maximum absolute atomic E-state index is 5.57. The Morgan fingerprint density at radius 3 is 2.22 bits per heavy atom. The van der Waals surface area contributed by atoms with Gasteiger partial charge in [-0.15, -0.1) is 17.8 Å². The van der Waals surface area contributed by atoms with E-state index in [9.17, 15) is 0 Å². The van der Waals surface area contributed by atoms with E-state index in [0.29, 0.717) is 0 Å². The minimum atomic E-state index is 0.992. The number of hydrogen-bond acceptors (Lipinski definition) is 1. The molecule has 5 aromatic rings. The maximum Gasteiger partial charge on any atom is 0.0778 e. The van der Waals surface area contributed by atoms with Crippen LogP contribution in [0, 0.1) is 12.3 Å². The third-order valence-electron chi connectivity index (χ3n) is 4.52. The van der Waals surface area contributed by atoms with Gasteiger partial charge in [-0.2, -0.15) is 0 Å². The summed E-state index contributed by atoms with van der Waals surface area (Å²) in [4.78, 5) is 0.992. The maximum atomic E-state index is 5.57. The molecule has 0 unspecified atom stereocenters. The molecule has 0 N–H and O–H groups in total. The molecule has 1 heteroatoms. The fraction of sp³-hybridized carbons (Fsp3) is 0. The molecule has 1 aromatic heterocycles.